The number of nitrogens with one attached hydrogen (secondary N) is 1. The molecular weight excluding hydrogens is 308 g/mol. The normalized spacial score (nSPS) is 14.9. The molecule has 0 radical (unpaired) electrons. The van der Waals surface area contributed by atoms with Crippen LogP contribution in [0.5, 0.6) is 0 Å². The maximum Gasteiger partial charge on any atom is 0.135 e. The molecule has 0 atom stereocenters. The average molecular weight is 329 g/mol. The Balaban J connectivity index is 1.70. The summed E-state index contributed by atoms with van der Waals surface area (Å²) in [7, 11) is 4.08. The molecular formula is C13H21BrN4O. The zero-order chi connectivity index (χ0) is 13.7. The fourth-order valence-electron chi connectivity index (χ4n) is 1.65. The molecule has 2 rings (SSSR count). The maximum atomic E-state index is 5.53. The first kappa shape index (κ1) is 14.7. The van der Waals surface area contributed by atoms with Crippen LogP contribution in [0.3, 0.4) is 0 Å². The van der Waals surface area contributed by atoms with E-state index in [4.69, 9.17) is 4.74 Å². The van der Waals surface area contributed by atoms with Gasteiger partial charge in [0, 0.05) is 25.1 Å². The second-order valence-electron chi connectivity index (χ2n) is 5.05. The Bertz CT molecular complexity index is 410. The van der Waals surface area contributed by atoms with Gasteiger partial charge in [0.1, 0.15) is 16.2 Å². The summed E-state index contributed by atoms with van der Waals surface area (Å²) in [4.78, 5) is 11.0. The number of rotatable bonds is 8. The Morgan fingerprint density at radius 2 is 2.16 bits per heavy atom. The standard InChI is InChI=1S/C13H21BrN4O/c1-18(2)6-8-19-7-5-15-12-9-11(14)16-13(17-12)10-3-4-10/h9-10H,3-8H2,1-2H3,(H,15,16,17). The first-order valence-corrected chi connectivity index (χ1v) is 7.45. The molecule has 1 fully saturated rings. The minimum absolute atomic E-state index is 0.564. The molecule has 0 bridgehead atoms. The van der Waals surface area contributed by atoms with Gasteiger partial charge in [0.15, 0.2) is 0 Å². The quantitative estimate of drug-likeness (QED) is 0.585. The molecule has 1 aliphatic rings. The van der Waals surface area contributed by atoms with Gasteiger partial charge in [-0.05, 0) is 42.9 Å². The van der Waals surface area contributed by atoms with Gasteiger partial charge in [-0.2, -0.15) is 0 Å². The van der Waals surface area contributed by atoms with Crippen molar-refractivity contribution in [3.05, 3.63) is 16.5 Å². The molecule has 19 heavy (non-hydrogen) atoms. The SMILES string of the molecule is CN(C)CCOCCNc1cc(Br)nc(C2CC2)n1. The van der Waals surface area contributed by atoms with Gasteiger partial charge in [0.05, 0.1) is 13.2 Å². The van der Waals surface area contributed by atoms with Crippen molar-refractivity contribution < 1.29 is 4.74 Å². The monoisotopic (exact) mass is 328 g/mol. The minimum atomic E-state index is 0.564. The zero-order valence-corrected chi connectivity index (χ0v) is 13.1. The van der Waals surface area contributed by atoms with Gasteiger partial charge in [-0.15, -0.1) is 0 Å². The van der Waals surface area contributed by atoms with Crippen LogP contribution in [0.2, 0.25) is 0 Å². The minimum Gasteiger partial charge on any atom is -0.378 e. The Morgan fingerprint density at radius 1 is 1.37 bits per heavy atom. The van der Waals surface area contributed by atoms with E-state index in [2.05, 4.69) is 36.1 Å². The van der Waals surface area contributed by atoms with Crippen LogP contribution >= 0.6 is 15.9 Å². The second-order valence-corrected chi connectivity index (χ2v) is 5.86. The van der Waals surface area contributed by atoms with Crippen molar-refractivity contribution in [3.8, 4) is 0 Å². The molecule has 1 aliphatic carbocycles. The molecule has 6 heteroatoms. The predicted octanol–water partition coefficient (Wildman–Crippen LogP) is 2.11. The summed E-state index contributed by atoms with van der Waals surface area (Å²) in [5.74, 6) is 2.39. The van der Waals surface area contributed by atoms with Crippen LogP contribution in [-0.2, 0) is 4.74 Å². The molecule has 0 saturated heterocycles. The van der Waals surface area contributed by atoms with Crippen molar-refractivity contribution in [2.45, 2.75) is 18.8 Å². The number of aromatic nitrogens is 2. The van der Waals surface area contributed by atoms with Gasteiger partial charge >= 0.3 is 0 Å². The van der Waals surface area contributed by atoms with Crippen LogP contribution in [0.25, 0.3) is 0 Å². The zero-order valence-electron chi connectivity index (χ0n) is 11.5. The average Bonchev–Trinajstić information content (AvgIpc) is 3.16. The fraction of sp³-hybridized carbons (Fsp3) is 0.692. The van der Waals surface area contributed by atoms with E-state index in [1.54, 1.807) is 0 Å². The van der Waals surface area contributed by atoms with E-state index in [1.165, 1.54) is 12.8 Å². The lowest BCUT2D eigenvalue weighted by molar-refractivity contribution is 0.126. The van der Waals surface area contributed by atoms with E-state index in [1.807, 2.05) is 20.2 Å². The van der Waals surface area contributed by atoms with Crippen LogP contribution in [0, 0.1) is 0 Å². The molecule has 0 unspecified atom stereocenters. The van der Waals surface area contributed by atoms with Gasteiger partial charge in [0.25, 0.3) is 0 Å². The fourth-order valence-corrected chi connectivity index (χ4v) is 2.05. The first-order valence-electron chi connectivity index (χ1n) is 6.66. The molecule has 0 aromatic carbocycles. The van der Waals surface area contributed by atoms with Gasteiger partial charge in [-0.3, -0.25) is 0 Å². The highest BCUT2D eigenvalue weighted by Gasteiger charge is 2.27. The predicted molar refractivity (Wildman–Crippen MR) is 79.6 cm³/mol. The number of ether oxygens (including phenoxy) is 1. The van der Waals surface area contributed by atoms with Crippen molar-refractivity contribution in [2.24, 2.45) is 0 Å². The first-order chi connectivity index (χ1) is 9.15. The van der Waals surface area contributed by atoms with E-state index >= 15 is 0 Å². The van der Waals surface area contributed by atoms with Crippen molar-refractivity contribution in [2.75, 3.05) is 45.7 Å². The smallest absolute Gasteiger partial charge is 0.135 e. The number of hydrogen-bond acceptors (Lipinski definition) is 5. The van der Waals surface area contributed by atoms with E-state index in [0.717, 1.165) is 35.9 Å². The molecule has 1 heterocycles. The third-order valence-electron chi connectivity index (χ3n) is 2.89. The highest BCUT2D eigenvalue weighted by molar-refractivity contribution is 9.10. The Kier molecular flexibility index (Phi) is 5.54. The number of nitrogens with zero attached hydrogens (tertiary/aromatic N) is 3. The van der Waals surface area contributed by atoms with Gasteiger partial charge in [-0.25, -0.2) is 9.97 Å². The van der Waals surface area contributed by atoms with Crippen LogP contribution < -0.4 is 5.32 Å². The molecule has 1 aromatic rings. The highest BCUT2D eigenvalue weighted by atomic mass is 79.9. The Morgan fingerprint density at radius 3 is 2.84 bits per heavy atom. The lowest BCUT2D eigenvalue weighted by Gasteiger charge is -2.11. The van der Waals surface area contributed by atoms with Crippen LogP contribution in [0.1, 0.15) is 24.6 Å². The van der Waals surface area contributed by atoms with E-state index in [-0.39, 0.29) is 0 Å². The molecule has 1 saturated carbocycles. The molecule has 5 nitrogen and oxygen atoms in total. The summed E-state index contributed by atoms with van der Waals surface area (Å²) in [6.45, 7) is 3.16. The van der Waals surface area contributed by atoms with E-state index < -0.39 is 0 Å². The van der Waals surface area contributed by atoms with E-state index in [0.29, 0.717) is 12.5 Å². The largest absolute Gasteiger partial charge is 0.378 e. The molecule has 1 N–H and O–H groups in total. The van der Waals surface area contributed by atoms with Crippen LogP contribution in [-0.4, -0.2) is 55.3 Å². The molecule has 0 aliphatic heterocycles. The van der Waals surface area contributed by atoms with Gasteiger partial charge < -0.3 is 15.0 Å². The summed E-state index contributed by atoms with van der Waals surface area (Å²) >= 11 is 3.43. The molecule has 0 amide bonds. The van der Waals surface area contributed by atoms with Gasteiger partial charge in [0.2, 0.25) is 0 Å². The van der Waals surface area contributed by atoms with Crippen molar-refractivity contribution >= 4 is 21.7 Å². The Labute approximate surface area is 122 Å². The van der Waals surface area contributed by atoms with E-state index in [9.17, 15) is 0 Å². The van der Waals surface area contributed by atoms with Gasteiger partial charge in [-0.1, -0.05) is 0 Å². The summed E-state index contributed by atoms with van der Waals surface area (Å²) in [6, 6.07) is 1.91. The molecule has 106 valence electrons. The highest BCUT2D eigenvalue weighted by Crippen LogP contribution is 2.38. The molecule has 0 spiro atoms. The lowest BCUT2D eigenvalue weighted by Crippen LogP contribution is -2.20. The number of halogens is 1. The summed E-state index contributed by atoms with van der Waals surface area (Å²) in [5, 5.41) is 3.28. The third-order valence-corrected chi connectivity index (χ3v) is 3.30. The summed E-state index contributed by atoms with van der Waals surface area (Å²) in [5.41, 5.74) is 0. The van der Waals surface area contributed by atoms with Crippen molar-refractivity contribution in [3.63, 3.8) is 0 Å². The molecule has 1 aromatic heterocycles. The van der Waals surface area contributed by atoms with Crippen LogP contribution in [0.4, 0.5) is 5.82 Å². The number of hydrogen-bond donors (Lipinski definition) is 1. The summed E-state index contributed by atoms with van der Waals surface area (Å²) in [6.07, 6.45) is 2.42. The topological polar surface area (TPSA) is 50.3 Å². The number of anilines is 1. The lowest BCUT2D eigenvalue weighted by atomic mass is 10.4. The number of likely N-dealkylation sites (N-methyl/N-ethyl adjacent to an activating group) is 1. The second kappa shape index (κ2) is 7.17. The van der Waals surface area contributed by atoms with Crippen molar-refractivity contribution in [1.29, 1.82) is 0 Å². The maximum absolute atomic E-state index is 5.53. The van der Waals surface area contributed by atoms with Crippen LogP contribution in [0.15, 0.2) is 10.7 Å². The Hall–Kier alpha value is -0.720. The van der Waals surface area contributed by atoms with Crippen molar-refractivity contribution in [1.82, 2.24) is 14.9 Å². The summed E-state index contributed by atoms with van der Waals surface area (Å²) < 4.78 is 6.37. The third kappa shape index (κ3) is 5.42.